The molecule has 0 fully saturated rings. The molecule has 0 unspecified atom stereocenters. The molecule has 0 aliphatic carbocycles. The van der Waals surface area contributed by atoms with Crippen molar-refractivity contribution in [3.63, 3.8) is 0 Å². The fourth-order valence-electron chi connectivity index (χ4n) is 1.07. The average molecular weight is 215 g/mol. The Morgan fingerprint density at radius 3 is 2.50 bits per heavy atom. The van der Waals surface area contributed by atoms with E-state index in [0.717, 1.165) is 0 Å². The van der Waals surface area contributed by atoms with Gasteiger partial charge in [0.1, 0.15) is 0 Å². The quantitative estimate of drug-likeness (QED) is 0.318. The summed E-state index contributed by atoms with van der Waals surface area (Å²) in [6.07, 6.45) is 1.17. The summed E-state index contributed by atoms with van der Waals surface area (Å²) in [5, 5.41) is 11.3. The number of ether oxygens (including phenoxy) is 2. The Labute approximate surface area is 107 Å². The first kappa shape index (κ1) is 15.2. The van der Waals surface area contributed by atoms with Gasteiger partial charge in [0.15, 0.2) is 6.29 Å². The fourth-order valence-corrected chi connectivity index (χ4v) is 1.07. The maximum atomic E-state index is 11.3. The molecule has 1 aromatic carbocycles. The predicted octanol–water partition coefficient (Wildman–Crippen LogP) is -2.20. The molecule has 1 aromatic rings. The fraction of sp³-hybridized carbons (Fsp3) is 0.364. The molecule has 16 heavy (non-hydrogen) atoms. The van der Waals surface area contributed by atoms with E-state index in [1.807, 2.05) is 0 Å². The van der Waals surface area contributed by atoms with Gasteiger partial charge in [0.25, 0.3) is 0 Å². The predicted molar refractivity (Wildman–Crippen MR) is 56.2 cm³/mol. The van der Waals surface area contributed by atoms with E-state index >= 15 is 0 Å². The van der Waals surface area contributed by atoms with E-state index in [4.69, 9.17) is 9.47 Å². The van der Waals surface area contributed by atoms with E-state index in [0.29, 0.717) is 12.1 Å². The molecule has 0 radical (unpaired) electrons. The van der Waals surface area contributed by atoms with Gasteiger partial charge < -0.3 is 14.6 Å². The Kier molecular flexibility index (Phi) is 7.96. The molecule has 0 saturated carbocycles. The minimum absolute atomic E-state index is 0. The van der Waals surface area contributed by atoms with Crippen molar-refractivity contribution in [2.24, 2.45) is 4.99 Å². The van der Waals surface area contributed by atoms with Gasteiger partial charge in [0, 0.05) is 20.4 Å². The molecule has 0 aliphatic heterocycles. The molecule has 0 atom stereocenters. The van der Waals surface area contributed by atoms with Crippen molar-refractivity contribution in [3.05, 3.63) is 29.8 Å². The minimum atomic E-state index is -0.361. The molecule has 0 aliphatic rings. The van der Waals surface area contributed by atoms with Crippen LogP contribution in [0.3, 0.4) is 0 Å². The first-order valence-electron chi connectivity index (χ1n) is 4.59. The van der Waals surface area contributed by atoms with E-state index < -0.39 is 0 Å². The van der Waals surface area contributed by atoms with E-state index in [1.54, 1.807) is 32.4 Å². The maximum Gasteiger partial charge on any atom is 1.00 e. The molecule has 0 amide bonds. The molecule has 5 heteroatoms. The minimum Gasteiger partial charge on any atom is -0.872 e. The maximum absolute atomic E-state index is 11.3. The summed E-state index contributed by atoms with van der Waals surface area (Å²) in [6.45, 7) is 0.376. The molecule has 82 valence electrons. The van der Waals surface area contributed by atoms with Crippen LogP contribution in [0.15, 0.2) is 29.3 Å². The van der Waals surface area contributed by atoms with Gasteiger partial charge in [0.2, 0.25) is 0 Å². The molecule has 0 aromatic heterocycles. The number of nitrogens with zero attached hydrogens (tertiary/aromatic N) is 1. The summed E-state index contributed by atoms with van der Waals surface area (Å²) in [7, 11) is 3.09. The second-order valence-corrected chi connectivity index (χ2v) is 2.93. The van der Waals surface area contributed by atoms with Gasteiger partial charge in [-0.05, 0) is 5.56 Å². The van der Waals surface area contributed by atoms with Crippen molar-refractivity contribution in [1.29, 1.82) is 0 Å². The molecule has 0 heterocycles. The SMILES string of the molecule is COC(CN=Cc1ccccc1[O-])OC.[Li+]. The van der Waals surface area contributed by atoms with Gasteiger partial charge in [-0.15, -0.1) is 5.75 Å². The smallest absolute Gasteiger partial charge is 0.872 e. The average Bonchev–Trinajstić information content (AvgIpc) is 2.27. The van der Waals surface area contributed by atoms with Crippen molar-refractivity contribution >= 4 is 6.21 Å². The van der Waals surface area contributed by atoms with Gasteiger partial charge in [-0.2, -0.15) is 0 Å². The monoisotopic (exact) mass is 215 g/mol. The summed E-state index contributed by atoms with van der Waals surface area (Å²) >= 11 is 0. The zero-order valence-corrected chi connectivity index (χ0v) is 9.84. The third kappa shape index (κ3) is 4.82. The third-order valence-corrected chi connectivity index (χ3v) is 1.93. The van der Waals surface area contributed by atoms with Gasteiger partial charge in [0.05, 0.1) is 6.54 Å². The standard InChI is InChI=1S/C11H15NO3.Li/c1-14-11(15-2)8-12-7-9-5-3-4-6-10(9)13;/h3-7,11,13H,8H2,1-2H3;/q;+1/p-1. The van der Waals surface area contributed by atoms with Crippen LogP contribution in [0.2, 0.25) is 0 Å². The van der Waals surface area contributed by atoms with E-state index in [9.17, 15) is 5.11 Å². The topological polar surface area (TPSA) is 53.9 Å². The second-order valence-electron chi connectivity index (χ2n) is 2.93. The summed E-state index contributed by atoms with van der Waals surface area (Å²) in [4.78, 5) is 4.07. The van der Waals surface area contributed by atoms with Crippen LogP contribution >= 0.6 is 0 Å². The molecular formula is C11H14LiNO3. The summed E-state index contributed by atoms with van der Waals surface area (Å²) in [5.41, 5.74) is 0.573. The normalized spacial score (nSPS) is 10.7. The van der Waals surface area contributed by atoms with Gasteiger partial charge in [-0.1, -0.05) is 24.3 Å². The number of para-hydroxylation sites is 1. The van der Waals surface area contributed by atoms with Crippen molar-refractivity contribution in [2.75, 3.05) is 20.8 Å². The van der Waals surface area contributed by atoms with Crippen LogP contribution in [0.25, 0.3) is 0 Å². The van der Waals surface area contributed by atoms with E-state index in [2.05, 4.69) is 4.99 Å². The summed E-state index contributed by atoms with van der Waals surface area (Å²) < 4.78 is 9.91. The van der Waals surface area contributed by atoms with Crippen molar-refractivity contribution in [2.45, 2.75) is 6.29 Å². The number of benzene rings is 1. The van der Waals surface area contributed by atoms with Crippen LogP contribution in [-0.4, -0.2) is 33.3 Å². The Morgan fingerprint density at radius 2 is 1.94 bits per heavy atom. The van der Waals surface area contributed by atoms with Crippen LogP contribution in [0.1, 0.15) is 5.56 Å². The molecule has 0 spiro atoms. The molecular weight excluding hydrogens is 201 g/mol. The molecule has 0 bridgehead atoms. The Morgan fingerprint density at radius 1 is 1.31 bits per heavy atom. The number of aliphatic imine (C=N–C) groups is 1. The number of rotatable bonds is 5. The zero-order valence-electron chi connectivity index (χ0n) is 9.84. The Balaban J connectivity index is 0.00000225. The molecule has 0 N–H and O–H groups in total. The Hall–Kier alpha value is -0.793. The molecule has 0 saturated heterocycles. The van der Waals surface area contributed by atoms with E-state index in [-0.39, 0.29) is 30.9 Å². The first-order chi connectivity index (χ1) is 7.27. The van der Waals surface area contributed by atoms with Gasteiger partial charge >= 0.3 is 18.9 Å². The largest absolute Gasteiger partial charge is 1.00 e. The van der Waals surface area contributed by atoms with Gasteiger partial charge in [-0.3, -0.25) is 4.99 Å². The van der Waals surface area contributed by atoms with Crippen LogP contribution in [0.4, 0.5) is 0 Å². The molecule has 4 nitrogen and oxygen atoms in total. The van der Waals surface area contributed by atoms with Crippen LogP contribution < -0.4 is 24.0 Å². The van der Waals surface area contributed by atoms with Crippen LogP contribution in [0, 0.1) is 0 Å². The third-order valence-electron chi connectivity index (χ3n) is 1.93. The van der Waals surface area contributed by atoms with Crippen molar-refractivity contribution < 1.29 is 33.4 Å². The second kappa shape index (κ2) is 8.37. The first-order valence-corrected chi connectivity index (χ1v) is 4.59. The number of hydrogen-bond donors (Lipinski definition) is 0. The number of hydrogen-bond acceptors (Lipinski definition) is 4. The number of methoxy groups -OCH3 is 2. The van der Waals surface area contributed by atoms with Crippen molar-refractivity contribution in [1.82, 2.24) is 0 Å². The van der Waals surface area contributed by atoms with E-state index in [1.165, 1.54) is 12.3 Å². The zero-order chi connectivity index (χ0) is 11.1. The van der Waals surface area contributed by atoms with Crippen LogP contribution in [-0.2, 0) is 9.47 Å². The van der Waals surface area contributed by atoms with Gasteiger partial charge in [-0.25, -0.2) is 0 Å². The summed E-state index contributed by atoms with van der Waals surface area (Å²) in [6, 6.07) is 6.73. The summed E-state index contributed by atoms with van der Waals surface area (Å²) in [5.74, 6) is -0.0346. The Bertz CT molecular complexity index is 327. The molecule has 1 rings (SSSR count). The van der Waals surface area contributed by atoms with Crippen molar-refractivity contribution in [3.8, 4) is 5.75 Å². The van der Waals surface area contributed by atoms with Crippen LogP contribution in [0.5, 0.6) is 5.75 Å².